The molecule has 6 rings (SSSR count). The molecule has 12 heteroatoms. The highest BCUT2D eigenvalue weighted by molar-refractivity contribution is 6.72. The molecule has 0 radical (unpaired) electrons. The minimum absolute atomic E-state index is 0.0127. The van der Waals surface area contributed by atoms with Crippen molar-refractivity contribution in [2.75, 3.05) is 36.5 Å². The normalized spacial score (nSPS) is 24.8. The van der Waals surface area contributed by atoms with Gasteiger partial charge >= 0.3 is 0 Å². The van der Waals surface area contributed by atoms with Gasteiger partial charge in [0.25, 0.3) is 5.91 Å². The second-order valence-electron chi connectivity index (χ2n) is 14.3. The molecule has 3 N–H and O–H groups in total. The highest BCUT2D eigenvalue weighted by atomic mass is 35.5. The van der Waals surface area contributed by atoms with Crippen LogP contribution in [0.3, 0.4) is 0 Å². The Hall–Kier alpha value is -3.61. The number of amides is 3. The molecule has 5 atom stereocenters. The minimum atomic E-state index is -3.52. The third-order valence-corrected chi connectivity index (χ3v) is 13.2. The Balaban J connectivity index is 1.26. The van der Waals surface area contributed by atoms with Gasteiger partial charge in [0.2, 0.25) is 20.2 Å². The fourth-order valence-corrected chi connectivity index (χ4v) is 10.8. The molecule has 3 aromatic rings. The van der Waals surface area contributed by atoms with Gasteiger partial charge in [-0.1, -0.05) is 61.0 Å². The van der Waals surface area contributed by atoms with Crippen molar-refractivity contribution in [2.24, 2.45) is 11.8 Å². The molecule has 50 heavy (non-hydrogen) atoms. The van der Waals surface area contributed by atoms with Gasteiger partial charge in [-0.25, -0.2) is 0 Å². The molecule has 3 aliphatic rings. The highest BCUT2D eigenvalue weighted by Gasteiger charge is 2.67. The first-order valence-corrected chi connectivity index (χ1v) is 20.8. The number of benzene rings is 3. The fraction of sp³-hybridized carbons (Fsp3) is 0.447. The van der Waals surface area contributed by atoms with Gasteiger partial charge in [0.1, 0.15) is 0 Å². The molecule has 1 spiro atoms. The number of fused-ring (bicyclic) bond motifs is 2. The van der Waals surface area contributed by atoms with Gasteiger partial charge < -0.3 is 34.4 Å². The van der Waals surface area contributed by atoms with Crippen molar-refractivity contribution in [3.05, 3.63) is 94.5 Å². The SMILES string of the molecule is C[C@H]1[C@H]([Si](C)(C)F)[C@@H](CC(=O)N(CCO)Cc2ccccc2)O[C@]12C(=O)N(Cc1ccc(NC(=O)C3CCCNC3)cc1)c1ccc(Cl)cc12. The van der Waals surface area contributed by atoms with E-state index in [9.17, 15) is 19.5 Å². The van der Waals surface area contributed by atoms with E-state index in [1.807, 2.05) is 61.5 Å². The van der Waals surface area contributed by atoms with E-state index in [0.717, 1.165) is 30.5 Å². The molecule has 2 fully saturated rings. The molecular weight excluding hydrogens is 675 g/mol. The number of aliphatic hydroxyl groups is 1. The predicted molar refractivity (Wildman–Crippen MR) is 195 cm³/mol. The number of hydrogen-bond donors (Lipinski definition) is 3. The van der Waals surface area contributed by atoms with Gasteiger partial charge in [-0.05, 0) is 73.9 Å². The largest absolute Gasteiger partial charge is 0.395 e. The van der Waals surface area contributed by atoms with E-state index < -0.39 is 31.6 Å². The van der Waals surface area contributed by atoms with Crippen LogP contribution in [-0.4, -0.2) is 68.5 Å². The van der Waals surface area contributed by atoms with Crippen molar-refractivity contribution < 1.29 is 28.3 Å². The Kier molecular flexibility index (Phi) is 10.8. The minimum Gasteiger partial charge on any atom is -0.395 e. The van der Waals surface area contributed by atoms with E-state index in [-0.39, 0.29) is 49.8 Å². The van der Waals surface area contributed by atoms with Crippen molar-refractivity contribution in [1.29, 1.82) is 0 Å². The molecule has 266 valence electrons. The highest BCUT2D eigenvalue weighted by Crippen LogP contribution is 2.60. The number of halogens is 2. The van der Waals surface area contributed by atoms with E-state index in [4.69, 9.17) is 16.3 Å². The molecule has 3 aromatic carbocycles. The summed E-state index contributed by atoms with van der Waals surface area (Å²) in [7, 11) is -3.52. The lowest BCUT2D eigenvalue weighted by Crippen LogP contribution is -2.45. The molecule has 3 amide bonds. The van der Waals surface area contributed by atoms with Gasteiger partial charge in [-0.2, -0.15) is 0 Å². The lowest BCUT2D eigenvalue weighted by Gasteiger charge is -2.31. The van der Waals surface area contributed by atoms with Crippen LogP contribution in [0.5, 0.6) is 0 Å². The van der Waals surface area contributed by atoms with Crippen LogP contribution in [0.15, 0.2) is 72.8 Å². The number of carbonyl (C=O) groups excluding carboxylic acids is 3. The number of ether oxygens (including phenoxy) is 1. The average Bonchev–Trinajstić information content (AvgIpc) is 3.52. The van der Waals surface area contributed by atoms with E-state index in [2.05, 4.69) is 10.6 Å². The molecule has 3 aliphatic heterocycles. The molecule has 3 heterocycles. The second kappa shape index (κ2) is 14.9. The Morgan fingerprint density at radius 2 is 1.86 bits per heavy atom. The first kappa shape index (κ1) is 36.2. The van der Waals surface area contributed by atoms with Crippen LogP contribution >= 0.6 is 11.6 Å². The van der Waals surface area contributed by atoms with Crippen molar-refractivity contribution in [3.63, 3.8) is 0 Å². The van der Waals surface area contributed by atoms with E-state index in [1.54, 1.807) is 41.1 Å². The maximum atomic E-state index is 16.4. The van der Waals surface area contributed by atoms with Crippen molar-refractivity contribution in [2.45, 2.75) is 69.6 Å². The van der Waals surface area contributed by atoms with Gasteiger partial charge in [0.15, 0.2) is 5.60 Å². The van der Waals surface area contributed by atoms with Crippen LogP contribution in [0.2, 0.25) is 23.7 Å². The summed E-state index contributed by atoms with van der Waals surface area (Å²) in [4.78, 5) is 44.6. The Morgan fingerprint density at radius 3 is 2.52 bits per heavy atom. The number of nitrogens with one attached hydrogen (secondary N) is 2. The summed E-state index contributed by atoms with van der Waals surface area (Å²) in [6.45, 7) is 7.06. The monoisotopic (exact) mass is 720 g/mol. The maximum Gasteiger partial charge on any atom is 0.264 e. The summed E-state index contributed by atoms with van der Waals surface area (Å²) < 4.78 is 23.1. The van der Waals surface area contributed by atoms with Crippen LogP contribution < -0.4 is 15.5 Å². The first-order chi connectivity index (χ1) is 23.9. The summed E-state index contributed by atoms with van der Waals surface area (Å²) >= 11 is 6.53. The standard InChI is InChI=1S/C38H46ClFN4O5Si/c1-25-35(50(2,3)40)33(21-34(46)43(18-19-45)23-26-8-5-4-6-9-26)49-38(25)31-20-29(39)13-16-32(31)44(37(38)48)24-27-11-14-30(15-12-27)42-36(47)28-10-7-17-41-22-28/h4-6,8-9,11-16,20,25,28,33,35,41,45H,7,10,17-19,21-24H2,1-3H3,(H,42,47)/t25-,28?,33+,35-,38+/m0/s1. The number of carbonyl (C=O) groups is 3. The lowest BCUT2D eigenvalue weighted by atomic mass is 9.82. The summed E-state index contributed by atoms with van der Waals surface area (Å²) in [5, 5.41) is 16.5. The Bertz CT molecular complexity index is 1700. The molecule has 1 unspecified atom stereocenters. The van der Waals surface area contributed by atoms with Crippen molar-refractivity contribution >= 4 is 49.1 Å². The third kappa shape index (κ3) is 7.25. The van der Waals surface area contributed by atoms with E-state index in [1.165, 1.54) is 0 Å². The van der Waals surface area contributed by atoms with Crippen LogP contribution in [0.1, 0.15) is 42.9 Å². The molecule has 0 aromatic heterocycles. The summed E-state index contributed by atoms with van der Waals surface area (Å²) in [5.41, 5.74) is 1.42. The number of rotatable bonds is 11. The predicted octanol–water partition coefficient (Wildman–Crippen LogP) is 6.01. The van der Waals surface area contributed by atoms with Crippen LogP contribution in [0.25, 0.3) is 0 Å². The van der Waals surface area contributed by atoms with Crippen LogP contribution in [0, 0.1) is 11.8 Å². The molecule has 0 bridgehead atoms. The summed E-state index contributed by atoms with van der Waals surface area (Å²) in [6.07, 6.45) is 0.833. The number of anilines is 2. The zero-order valence-electron chi connectivity index (χ0n) is 28.8. The molecule has 0 saturated carbocycles. The van der Waals surface area contributed by atoms with Crippen molar-refractivity contribution in [3.8, 4) is 0 Å². The Labute approximate surface area is 299 Å². The molecular formula is C38H46ClFN4O5Si. The fourth-order valence-electron chi connectivity index (χ4n) is 8.09. The smallest absolute Gasteiger partial charge is 0.264 e. The summed E-state index contributed by atoms with van der Waals surface area (Å²) in [5.74, 6) is -1.27. The zero-order valence-corrected chi connectivity index (χ0v) is 30.6. The van der Waals surface area contributed by atoms with Gasteiger partial charge in [-0.15, -0.1) is 0 Å². The number of piperidine rings is 1. The lowest BCUT2D eigenvalue weighted by molar-refractivity contribution is -0.150. The van der Waals surface area contributed by atoms with Gasteiger partial charge in [0, 0.05) is 47.4 Å². The van der Waals surface area contributed by atoms with Crippen molar-refractivity contribution in [1.82, 2.24) is 10.2 Å². The molecule has 0 aliphatic carbocycles. The zero-order chi connectivity index (χ0) is 35.6. The third-order valence-electron chi connectivity index (χ3n) is 10.5. The average molecular weight is 721 g/mol. The van der Waals surface area contributed by atoms with Gasteiger partial charge in [-0.3, -0.25) is 14.4 Å². The van der Waals surface area contributed by atoms with Crippen LogP contribution in [0.4, 0.5) is 15.5 Å². The number of aliphatic hydroxyl groups excluding tert-OH is 1. The van der Waals surface area contributed by atoms with E-state index in [0.29, 0.717) is 35.1 Å². The molecule has 2 saturated heterocycles. The van der Waals surface area contributed by atoms with Gasteiger partial charge in [0.05, 0.1) is 37.3 Å². The van der Waals surface area contributed by atoms with Crippen LogP contribution in [-0.2, 0) is 37.8 Å². The summed E-state index contributed by atoms with van der Waals surface area (Å²) in [6, 6.07) is 22.2. The van der Waals surface area contributed by atoms with E-state index >= 15 is 4.11 Å². The second-order valence-corrected chi connectivity index (χ2v) is 18.5. The number of hydrogen-bond acceptors (Lipinski definition) is 6. The first-order valence-electron chi connectivity index (χ1n) is 17.4. The number of nitrogens with zero attached hydrogens (tertiary/aromatic N) is 2. The maximum absolute atomic E-state index is 16.4. The Morgan fingerprint density at radius 1 is 1.12 bits per heavy atom. The topological polar surface area (TPSA) is 111 Å². The quantitative estimate of drug-likeness (QED) is 0.165. The molecule has 9 nitrogen and oxygen atoms in total.